The third-order valence-corrected chi connectivity index (χ3v) is 3.28. The van der Waals surface area contributed by atoms with Gasteiger partial charge < -0.3 is 15.2 Å². The molecule has 2 aromatic rings. The van der Waals surface area contributed by atoms with Gasteiger partial charge in [-0.1, -0.05) is 29.8 Å². The van der Waals surface area contributed by atoms with Crippen LogP contribution in [0.25, 0.3) is 4.85 Å². The van der Waals surface area contributed by atoms with Crippen molar-refractivity contribution < 1.29 is 14.6 Å². The Balaban J connectivity index is 1.96. The molecule has 23 heavy (non-hydrogen) atoms. The van der Waals surface area contributed by atoms with Gasteiger partial charge in [0.2, 0.25) is 0 Å². The van der Waals surface area contributed by atoms with Crippen LogP contribution in [0.5, 0.6) is 5.75 Å². The minimum absolute atomic E-state index is 0.165. The van der Waals surface area contributed by atoms with Gasteiger partial charge in [-0.25, -0.2) is 4.85 Å². The molecule has 0 aromatic heterocycles. The maximum absolute atomic E-state index is 12.2. The second kappa shape index (κ2) is 6.95. The maximum atomic E-state index is 12.2. The number of nitrogens with zero attached hydrogens (tertiary/aromatic N) is 1. The molecule has 5 heteroatoms. The van der Waals surface area contributed by atoms with Crippen molar-refractivity contribution in [1.29, 1.82) is 0 Å². The molecule has 0 radical (unpaired) electrons. The number of nitrogens with one attached hydrogen (secondary N) is 1. The van der Waals surface area contributed by atoms with Crippen LogP contribution < -0.4 is 10.1 Å². The Hall–Kier alpha value is -2.84. The Morgan fingerprint density at radius 2 is 1.83 bits per heavy atom. The van der Waals surface area contributed by atoms with Gasteiger partial charge in [0, 0.05) is 5.69 Å². The normalized spacial score (nSPS) is 12.8. The van der Waals surface area contributed by atoms with E-state index in [9.17, 15) is 9.90 Å². The molecule has 0 saturated carbocycles. The highest BCUT2D eigenvalue weighted by atomic mass is 16.5. The molecule has 0 bridgehead atoms. The lowest BCUT2D eigenvalue weighted by Crippen LogP contribution is -2.45. The topological polar surface area (TPSA) is 62.9 Å². The number of carbonyl (C=O) groups is 1. The van der Waals surface area contributed by atoms with E-state index < -0.39 is 11.5 Å². The molecule has 1 atom stereocenters. The number of benzene rings is 2. The smallest absolute Gasteiger partial charge is 0.259 e. The molecule has 0 spiro atoms. The van der Waals surface area contributed by atoms with Gasteiger partial charge in [-0.3, -0.25) is 4.79 Å². The van der Waals surface area contributed by atoms with E-state index in [0.717, 1.165) is 5.56 Å². The van der Waals surface area contributed by atoms with Gasteiger partial charge in [0.15, 0.2) is 11.3 Å². The first kappa shape index (κ1) is 16.5. The first-order chi connectivity index (χ1) is 10.9. The summed E-state index contributed by atoms with van der Waals surface area (Å²) in [6, 6.07) is 13.8. The summed E-state index contributed by atoms with van der Waals surface area (Å²) in [6.45, 7) is 10.1. The highest BCUT2D eigenvalue weighted by molar-refractivity contribution is 5.97. The van der Waals surface area contributed by atoms with Gasteiger partial charge in [0.1, 0.15) is 12.4 Å². The van der Waals surface area contributed by atoms with Crippen LogP contribution in [-0.4, -0.2) is 23.2 Å². The van der Waals surface area contributed by atoms with Gasteiger partial charge in [-0.15, -0.1) is 0 Å². The second-order valence-electron chi connectivity index (χ2n) is 5.49. The van der Waals surface area contributed by atoms with Gasteiger partial charge in [0.05, 0.1) is 6.57 Å². The van der Waals surface area contributed by atoms with Crippen LogP contribution in [-0.2, 0) is 4.79 Å². The van der Waals surface area contributed by atoms with Gasteiger partial charge in [-0.2, -0.15) is 0 Å². The van der Waals surface area contributed by atoms with Crippen molar-refractivity contribution in [3.8, 4) is 5.75 Å². The van der Waals surface area contributed by atoms with Gasteiger partial charge in [0.25, 0.3) is 5.91 Å². The molecule has 118 valence electrons. The van der Waals surface area contributed by atoms with E-state index in [0.29, 0.717) is 17.1 Å². The number of ether oxygens (including phenoxy) is 1. The molecule has 1 amide bonds. The van der Waals surface area contributed by atoms with E-state index in [2.05, 4.69) is 10.2 Å². The van der Waals surface area contributed by atoms with Crippen molar-refractivity contribution in [2.75, 3.05) is 11.9 Å². The standard InChI is InChI=1S/C18H18N2O3/c1-13-4-10-16(11-5-13)23-12-18(2,22)17(21)20-15-8-6-14(19-3)7-9-15/h4-11,22H,12H2,1-2H3,(H,20,21)/t18-/m0/s1. The molecule has 0 unspecified atom stereocenters. The van der Waals surface area contributed by atoms with E-state index in [1.807, 2.05) is 19.1 Å². The number of anilines is 1. The molecule has 2 rings (SSSR count). The van der Waals surface area contributed by atoms with Crippen LogP contribution in [0, 0.1) is 13.5 Å². The quantitative estimate of drug-likeness (QED) is 0.833. The first-order valence-electron chi connectivity index (χ1n) is 7.11. The van der Waals surface area contributed by atoms with Crippen molar-refractivity contribution in [3.63, 3.8) is 0 Å². The molecule has 0 saturated heterocycles. The van der Waals surface area contributed by atoms with Crippen molar-refractivity contribution in [1.82, 2.24) is 0 Å². The zero-order valence-corrected chi connectivity index (χ0v) is 13.0. The molecule has 0 heterocycles. The highest BCUT2D eigenvalue weighted by Crippen LogP contribution is 2.18. The minimum atomic E-state index is -1.68. The van der Waals surface area contributed by atoms with Crippen LogP contribution in [0.3, 0.4) is 0 Å². The summed E-state index contributed by atoms with van der Waals surface area (Å²) < 4.78 is 5.47. The van der Waals surface area contributed by atoms with E-state index in [4.69, 9.17) is 11.3 Å². The molecule has 0 aliphatic carbocycles. The Morgan fingerprint density at radius 3 is 2.39 bits per heavy atom. The monoisotopic (exact) mass is 310 g/mol. The number of aryl methyl sites for hydroxylation is 1. The number of amides is 1. The summed E-state index contributed by atoms with van der Waals surface area (Å²) in [5.41, 5.74) is 0.420. The lowest BCUT2D eigenvalue weighted by molar-refractivity contribution is -0.135. The van der Waals surface area contributed by atoms with Crippen molar-refractivity contribution in [2.45, 2.75) is 19.4 Å². The van der Waals surface area contributed by atoms with E-state index in [1.165, 1.54) is 6.92 Å². The summed E-state index contributed by atoms with van der Waals surface area (Å²) in [5.74, 6) is 0.0188. The fourth-order valence-corrected chi connectivity index (χ4v) is 1.81. The molecule has 0 aliphatic rings. The number of rotatable bonds is 5. The van der Waals surface area contributed by atoms with E-state index in [1.54, 1.807) is 36.4 Å². The lowest BCUT2D eigenvalue weighted by Gasteiger charge is -2.22. The summed E-state index contributed by atoms with van der Waals surface area (Å²) in [5, 5.41) is 12.9. The fraction of sp³-hybridized carbons (Fsp3) is 0.222. The Bertz CT molecular complexity index is 713. The first-order valence-corrected chi connectivity index (χ1v) is 7.11. The zero-order chi connectivity index (χ0) is 16.9. The third kappa shape index (κ3) is 4.56. The van der Waals surface area contributed by atoms with Gasteiger partial charge >= 0.3 is 0 Å². The predicted octanol–water partition coefficient (Wildman–Crippen LogP) is 3.31. The molecule has 5 nitrogen and oxygen atoms in total. The predicted molar refractivity (Wildman–Crippen MR) is 88.6 cm³/mol. The molecular formula is C18H18N2O3. The minimum Gasteiger partial charge on any atom is -0.490 e. The van der Waals surface area contributed by atoms with E-state index >= 15 is 0 Å². The third-order valence-electron chi connectivity index (χ3n) is 3.28. The highest BCUT2D eigenvalue weighted by Gasteiger charge is 2.31. The molecular weight excluding hydrogens is 292 g/mol. The van der Waals surface area contributed by atoms with Crippen LogP contribution in [0.4, 0.5) is 11.4 Å². The lowest BCUT2D eigenvalue weighted by atomic mass is 10.1. The van der Waals surface area contributed by atoms with Crippen molar-refractivity contribution in [2.24, 2.45) is 0 Å². The fourth-order valence-electron chi connectivity index (χ4n) is 1.81. The summed E-state index contributed by atoms with van der Waals surface area (Å²) in [7, 11) is 0. The van der Waals surface area contributed by atoms with Crippen LogP contribution >= 0.6 is 0 Å². The average molecular weight is 310 g/mol. The number of carbonyl (C=O) groups excluding carboxylic acids is 1. The van der Waals surface area contributed by atoms with E-state index in [-0.39, 0.29) is 6.61 Å². The number of aliphatic hydroxyl groups is 1. The summed E-state index contributed by atoms with van der Waals surface area (Å²) >= 11 is 0. The zero-order valence-electron chi connectivity index (χ0n) is 13.0. The molecule has 2 N–H and O–H groups in total. The molecule has 2 aromatic carbocycles. The maximum Gasteiger partial charge on any atom is 0.259 e. The van der Waals surface area contributed by atoms with Crippen LogP contribution in [0.15, 0.2) is 48.5 Å². The van der Waals surface area contributed by atoms with Crippen molar-refractivity contribution >= 4 is 17.3 Å². The summed E-state index contributed by atoms with van der Waals surface area (Å²) in [4.78, 5) is 15.4. The molecule has 0 aliphatic heterocycles. The van der Waals surface area contributed by atoms with Crippen LogP contribution in [0.1, 0.15) is 12.5 Å². The Kier molecular flexibility index (Phi) is 4.99. The summed E-state index contributed by atoms with van der Waals surface area (Å²) in [6.07, 6.45) is 0. The van der Waals surface area contributed by atoms with Crippen molar-refractivity contribution in [3.05, 3.63) is 65.5 Å². The second-order valence-corrected chi connectivity index (χ2v) is 5.49. The Labute approximate surface area is 135 Å². The van der Waals surface area contributed by atoms with Gasteiger partial charge in [-0.05, 0) is 38.1 Å². The largest absolute Gasteiger partial charge is 0.490 e. The number of hydrogen-bond donors (Lipinski definition) is 2. The van der Waals surface area contributed by atoms with Crippen LogP contribution in [0.2, 0.25) is 0 Å². The SMILES string of the molecule is [C-]#[N+]c1ccc(NC(=O)[C@@](C)(O)COc2ccc(C)cc2)cc1. The molecule has 0 fully saturated rings. The Morgan fingerprint density at radius 1 is 1.22 bits per heavy atom. The average Bonchev–Trinajstić information content (AvgIpc) is 2.55. The number of hydrogen-bond acceptors (Lipinski definition) is 3.